The standard InChI is InChI=1S/C10H14FNS/c11-9-3-5-10(6-4-9)13-8-2-1-7-12/h3-6H,1-2,7-8,12H2. The van der Waals surface area contributed by atoms with Crippen molar-refractivity contribution in [2.24, 2.45) is 5.73 Å². The SMILES string of the molecule is NCCCCSc1ccc(F)cc1. The summed E-state index contributed by atoms with van der Waals surface area (Å²) in [6, 6.07) is 6.60. The van der Waals surface area contributed by atoms with E-state index in [0.717, 1.165) is 30.0 Å². The van der Waals surface area contributed by atoms with Gasteiger partial charge in [0.05, 0.1) is 0 Å². The number of thioether (sulfide) groups is 1. The summed E-state index contributed by atoms with van der Waals surface area (Å²) in [5.74, 6) is 0.884. The summed E-state index contributed by atoms with van der Waals surface area (Å²) < 4.78 is 12.5. The summed E-state index contributed by atoms with van der Waals surface area (Å²) in [6.07, 6.45) is 2.19. The molecule has 1 nitrogen and oxygen atoms in total. The fraction of sp³-hybridized carbons (Fsp3) is 0.400. The number of rotatable bonds is 5. The molecule has 1 aromatic carbocycles. The zero-order valence-corrected chi connectivity index (χ0v) is 8.32. The van der Waals surface area contributed by atoms with Crippen molar-refractivity contribution in [3.8, 4) is 0 Å². The van der Waals surface area contributed by atoms with Crippen molar-refractivity contribution in [2.75, 3.05) is 12.3 Å². The maximum atomic E-state index is 12.5. The van der Waals surface area contributed by atoms with Crippen LogP contribution >= 0.6 is 11.8 Å². The van der Waals surface area contributed by atoms with Gasteiger partial charge in [-0.25, -0.2) is 4.39 Å². The van der Waals surface area contributed by atoms with E-state index in [1.54, 1.807) is 11.8 Å². The molecule has 0 radical (unpaired) electrons. The van der Waals surface area contributed by atoms with E-state index >= 15 is 0 Å². The molecule has 1 rings (SSSR count). The number of halogens is 1. The minimum atomic E-state index is -0.175. The van der Waals surface area contributed by atoms with E-state index < -0.39 is 0 Å². The largest absolute Gasteiger partial charge is 0.330 e. The molecular weight excluding hydrogens is 185 g/mol. The predicted molar refractivity (Wildman–Crippen MR) is 55.4 cm³/mol. The molecule has 0 saturated heterocycles. The summed E-state index contributed by atoms with van der Waals surface area (Å²) in [4.78, 5) is 1.12. The molecule has 13 heavy (non-hydrogen) atoms. The smallest absolute Gasteiger partial charge is 0.123 e. The van der Waals surface area contributed by atoms with Crippen LogP contribution in [-0.2, 0) is 0 Å². The minimum absolute atomic E-state index is 0.175. The van der Waals surface area contributed by atoms with Gasteiger partial charge in [-0.05, 0) is 49.4 Å². The molecule has 2 N–H and O–H groups in total. The van der Waals surface area contributed by atoms with Crippen molar-refractivity contribution in [1.29, 1.82) is 0 Å². The predicted octanol–water partition coefficient (Wildman–Crippen LogP) is 2.66. The van der Waals surface area contributed by atoms with Gasteiger partial charge in [-0.15, -0.1) is 11.8 Å². The first-order valence-corrected chi connectivity index (χ1v) is 5.40. The zero-order valence-electron chi connectivity index (χ0n) is 7.50. The van der Waals surface area contributed by atoms with Gasteiger partial charge in [0.15, 0.2) is 0 Å². The summed E-state index contributed by atoms with van der Waals surface area (Å²) >= 11 is 1.75. The topological polar surface area (TPSA) is 26.0 Å². The van der Waals surface area contributed by atoms with Crippen molar-refractivity contribution in [3.63, 3.8) is 0 Å². The van der Waals surface area contributed by atoms with Crippen molar-refractivity contribution >= 4 is 11.8 Å². The molecule has 0 bridgehead atoms. The first-order chi connectivity index (χ1) is 6.33. The number of unbranched alkanes of at least 4 members (excludes halogenated alkanes) is 1. The second kappa shape index (κ2) is 6.00. The van der Waals surface area contributed by atoms with E-state index in [1.165, 1.54) is 12.1 Å². The fourth-order valence-corrected chi connectivity index (χ4v) is 1.88. The van der Waals surface area contributed by atoms with Crippen LogP contribution in [0.5, 0.6) is 0 Å². The maximum Gasteiger partial charge on any atom is 0.123 e. The third-order valence-corrected chi connectivity index (χ3v) is 2.78. The zero-order chi connectivity index (χ0) is 9.52. The van der Waals surface area contributed by atoms with Gasteiger partial charge in [0.2, 0.25) is 0 Å². The van der Waals surface area contributed by atoms with Crippen LogP contribution in [0.1, 0.15) is 12.8 Å². The second-order valence-electron chi connectivity index (χ2n) is 2.80. The molecular formula is C10H14FNS. The number of benzene rings is 1. The van der Waals surface area contributed by atoms with Crippen molar-refractivity contribution in [3.05, 3.63) is 30.1 Å². The van der Waals surface area contributed by atoms with Crippen LogP contribution in [-0.4, -0.2) is 12.3 Å². The molecule has 72 valence electrons. The quantitative estimate of drug-likeness (QED) is 0.583. The molecule has 0 unspecified atom stereocenters. The summed E-state index contributed by atoms with van der Waals surface area (Å²) in [7, 11) is 0. The molecule has 0 aromatic heterocycles. The van der Waals surface area contributed by atoms with Gasteiger partial charge in [-0.2, -0.15) is 0 Å². The van der Waals surface area contributed by atoms with Gasteiger partial charge in [-0.1, -0.05) is 0 Å². The first kappa shape index (κ1) is 10.5. The lowest BCUT2D eigenvalue weighted by Crippen LogP contribution is -1.98. The Labute approximate surface area is 82.5 Å². The van der Waals surface area contributed by atoms with Gasteiger partial charge in [0.1, 0.15) is 5.82 Å². The van der Waals surface area contributed by atoms with Crippen molar-refractivity contribution < 1.29 is 4.39 Å². The highest BCUT2D eigenvalue weighted by Crippen LogP contribution is 2.18. The summed E-state index contributed by atoms with van der Waals surface area (Å²) in [5, 5.41) is 0. The molecule has 0 amide bonds. The van der Waals surface area contributed by atoms with Crippen LogP contribution < -0.4 is 5.73 Å². The number of nitrogens with two attached hydrogens (primary N) is 1. The van der Waals surface area contributed by atoms with E-state index in [4.69, 9.17) is 5.73 Å². The van der Waals surface area contributed by atoms with Gasteiger partial charge in [-0.3, -0.25) is 0 Å². The van der Waals surface area contributed by atoms with Crippen molar-refractivity contribution in [1.82, 2.24) is 0 Å². The third kappa shape index (κ3) is 4.29. The van der Waals surface area contributed by atoms with Gasteiger partial charge < -0.3 is 5.73 Å². The molecule has 0 saturated carbocycles. The van der Waals surface area contributed by atoms with Crippen LogP contribution in [0, 0.1) is 5.82 Å². The first-order valence-electron chi connectivity index (χ1n) is 4.41. The number of hydrogen-bond donors (Lipinski definition) is 1. The molecule has 0 atom stereocenters. The van der Waals surface area contributed by atoms with E-state index in [2.05, 4.69) is 0 Å². The Morgan fingerprint density at radius 2 is 1.85 bits per heavy atom. The molecule has 1 aromatic rings. The minimum Gasteiger partial charge on any atom is -0.330 e. The molecule has 0 fully saturated rings. The second-order valence-corrected chi connectivity index (χ2v) is 3.97. The van der Waals surface area contributed by atoms with Crippen LogP contribution in [0.25, 0.3) is 0 Å². The number of hydrogen-bond acceptors (Lipinski definition) is 2. The average molecular weight is 199 g/mol. The van der Waals surface area contributed by atoms with Gasteiger partial charge >= 0.3 is 0 Å². The molecule has 0 aliphatic rings. The Hall–Kier alpha value is -0.540. The summed E-state index contributed by atoms with van der Waals surface area (Å²) in [6.45, 7) is 0.754. The summed E-state index contributed by atoms with van der Waals surface area (Å²) in [5.41, 5.74) is 5.37. The lowest BCUT2D eigenvalue weighted by Gasteiger charge is -2.00. The lowest BCUT2D eigenvalue weighted by atomic mass is 10.3. The Morgan fingerprint density at radius 1 is 1.15 bits per heavy atom. The monoisotopic (exact) mass is 199 g/mol. The van der Waals surface area contributed by atoms with E-state index in [1.807, 2.05) is 12.1 Å². The van der Waals surface area contributed by atoms with Crippen LogP contribution in [0.2, 0.25) is 0 Å². The van der Waals surface area contributed by atoms with Gasteiger partial charge in [0.25, 0.3) is 0 Å². The highest BCUT2D eigenvalue weighted by atomic mass is 32.2. The Kier molecular flexibility index (Phi) is 4.86. The molecule has 0 spiro atoms. The van der Waals surface area contributed by atoms with Crippen LogP contribution in [0.15, 0.2) is 29.2 Å². The van der Waals surface area contributed by atoms with E-state index in [0.29, 0.717) is 0 Å². The van der Waals surface area contributed by atoms with Crippen LogP contribution in [0.3, 0.4) is 0 Å². The van der Waals surface area contributed by atoms with E-state index in [9.17, 15) is 4.39 Å². The van der Waals surface area contributed by atoms with E-state index in [-0.39, 0.29) is 5.82 Å². The fourth-order valence-electron chi connectivity index (χ4n) is 0.967. The van der Waals surface area contributed by atoms with Crippen molar-refractivity contribution in [2.45, 2.75) is 17.7 Å². The highest BCUT2D eigenvalue weighted by Gasteiger charge is 1.94. The Morgan fingerprint density at radius 3 is 2.46 bits per heavy atom. The average Bonchev–Trinajstić information content (AvgIpc) is 2.15. The lowest BCUT2D eigenvalue weighted by molar-refractivity contribution is 0.626. The highest BCUT2D eigenvalue weighted by molar-refractivity contribution is 7.99. The third-order valence-electron chi connectivity index (χ3n) is 1.68. The normalized spacial score (nSPS) is 10.3. The Bertz CT molecular complexity index is 235. The Balaban J connectivity index is 2.25. The molecule has 3 heteroatoms. The van der Waals surface area contributed by atoms with Gasteiger partial charge in [0, 0.05) is 4.90 Å². The van der Waals surface area contributed by atoms with Crippen LogP contribution in [0.4, 0.5) is 4.39 Å². The molecule has 0 aliphatic heterocycles. The molecule has 0 aliphatic carbocycles. The molecule has 0 heterocycles. The maximum absolute atomic E-state index is 12.5.